The lowest BCUT2D eigenvalue weighted by molar-refractivity contribution is -0.145. The highest BCUT2D eigenvalue weighted by molar-refractivity contribution is 5.87. The van der Waals surface area contributed by atoms with Gasteiger partial charge in [0, 0.05) is 13.0 Å². The normalized spacial score (nSPS) is 20.4. The molecular formula is C15H19NO3. The number of likely N-dealkylation sites (tertiary alicyclic amines) is 1. The summed E-state index contributed by atoms with van der Waals surface area (Å²) in [5.41, 5.74) is 1.11. The standard InChI is InChI=1S/C15H19NO3/c1-3-13(11-7-5-4-6-8-11)16-10-12(9-14(16)17)15(18)19-2/h4-8,12-13H,3,9-10H2,1-2H3/t12?,13-/m0/s1. The van der Waals surface area contributed by atoms with Crippen molar-refractivity contribution in [1.29, 1.82) is 0 Å². The second-order valence-corrected chi connectivity index (χ2v) is 4.81. The van der Waals surface area contributed by atoms with Gasteiger partial charge >= 0.3 is 5.97 Å². The number of esters is 1. The third-order valence-electron chi connectivity index (χ3n) is 3.64. The molecule has 0 aromatic heterocycles. The number of carbonyl (C=O) groups excluding carboxylic acids is 2. The average Bonchev–Trinajstić information content (AvgIpc) is 2.82. The van der Waals surface area contributed by atoms with E-state index < -0.39 is 0 Å². The number of hydrogen-bond donors (Lipinski definition) is 0. The Bertz CT molecular complexity index is 458. The van der Waals surface area contributed by atoms with Crippen LogP contribution in [0.2, 0.25) is 0 Å². The summed E-state index contributed by atoms with van der Waals surface area (Å²) in [6.45, 7) is 2.51. The molecular weight excluding hydrogens is 242 g/mol. The van der Waals surface area contributed by atoms with Crippen LogP contribution in [0, 0.1) is 5.92 Å². The average molecular weight is 261 g/mol. The van der Waals surface area contributed by atoms with Crippen molar-refractivity contribution in [3.05, 3.63) is 35.9 Å². The highest BCUT2D eigenvalue weighted by atomic mass is 16.5. The summed E-state index contributed by atoms with van der Waals surface area (Å²) >= 11 is 0. The molecule has 0 bridgehead atoms. The fourth-order valence-corrected chi connectivity index (χ4v) is 2.67. The fourth-order valence-electron chi connectivity index (χ4n) is 2.67. The quantitative estimate of drug-likeness (QED) is 0.780. The number of rotatable bonds is 4. The molecule has 1 unspecified atom stereocenters. The van der Waals surface area contributed by atoms with Gasteiger partial charge in [0.2, 0.25) is 5.91 Å². The Hall–Kier alpha value is -1.84. The third-order valence-corrected chi connectivity index (χ3v) is 3.64. The Labute approximate surface area is 113 Å². The summed E-state index contributed by atoms with van der Waals surface area (Å²) < 4.78 is 4.73. The monoisotopic (exact) mass is 261 g/mol. The third kappa shape index (κ3) is 2.78. The Balaban J connectivity index is 2.16. The Morgan fingerprint density at radius 3 is 2.68 bits per heavy atom. The van der Waals surface area contributed by atoms with Crippen molar-refractivity contribution in [1.82, 2.24) is 4.90 Å². The van der Waals surface area contributed by atoms with Crippen LogP contribution < -0.4 is 0 Å². The van der Waals surface area contributed by atoms with Gasteiger partial charge in [-0.2, -0.15) is 0 Å². The number of hydrogen-bond acceptors (Lipinski definition) is 3. The van der Waals surface area contributed by atoms with E-state index in [4.69, 9.17) is 4.74 Å². The van der Waals surface area contributed by atoms with Crippen molar-refractivity contribution in [2.45, 2.75) is 25.8 Å². The first-order valence-electron chi connectivity index (χ1n) is 6.59. The first kappa shape index (κ1) is 13.6. The van der Waals surface area contributed by atoms with Gasteiger partial charge in [0.25, 0.3) is 0 Å². The SMILES string of the molecule is CC[C@@H](c1ccccc1)N1CC(C(=O)OC)CC1=O. The topological polar surface area (TPSA) is 46.6 Å². The summed E-state index contributed by atoms with van der Waals surface area (Å²) in [4.78, 5) is 25.5. The lowest BCUT2D eigenvalue weighted by Gasteiger charge is -2.27. The van der Waals surface area contributed by atoms with E-state index in [9.17, 15) is 9.59 Å². The molecule has 0 aliphatic carbocycles. The van der Waals surface area contributed by atoms with E-state index in [1.807, 2.05) is 30.3 Å². The molecule has 1 aliphatic heterocycles. The number of amides is 1. The van der Waals surface area contributed by atoms with Crippen molar-refractivity contribution in [2.24, 2.45) is 5.92 Å². The van der Waals surface area contributed by atoms with Crippen molar-refractivity contribution in [3.63, 3.8) is 0 Å². The molecule has 1 heterocycles. The molecule has 0 saturated carbocycles. The number of nitrogens with zero attached hydrogens (tertiary/aromatic N) is 1. The van der Waals surface area contributed by atoms with Gasteiger partial charge < -0.3 is 9.64 Å². The van der Waals surface area contributed by atoms with E-state index in [0.29, 0.717) is 6.54 Å². The number of ether oxygens (including phenoxy) is 1. The Morgan fingerprint density at radius 1 is 1.42 bits per heavy atom. The van der Waals surface area contributed by atoms with Crippen LogP contribution in [-0.2, 0) is 14.3 Å². The molecule has 0 radical (unpaired) electrons. The van der Waals surface area contributed by atoms with Crippen molar-refractivity contribution in [3.8, 4) is 0 Å². The van der Waals surface area contributed by atoms with Gasteiger partial charge in [0.15, 0.2) is 0 Å². The highest BCUT2D eigenvalue weighted by Crippen LogP contribution is 2.31. The molecule has 1 fully saturated rings. The summed E-state index contributed by atoms with van der Waals surface area (Å²) in [7, 11) is 1.37. The smallest absolute Gasteiger partial charge is 0.310 e. The van der Waals surface area contributed by atoms with E-state index in [-0.39, 0.29) is 30.3 Å². The summed E-state index contributed by atoms with van der Waals surface area (Å²) in [6, 6.07) is 9.98. The van der Waals surface area contributed by atoms with Crippen LogP contribution >= 0.6 is 0 Å². The molecule has 4 heteroatoms. The predicted octanol–water partition coefficient (Wildman–Crippen LogP) is 2.16. The van der Waals surface area contributed by atoms with E-state index in [1.54, 1.807) is 4.90 Å². The molecule has 19 heavy (non-hydrogen) atoms. The highest BCUT2D eigenvalue weighted by Gasteiger charge is 2.38. The molecule has 0 N–H and O–H groups in total. The second-order valence-electron chi connectivity index (χ2n) is 4.81. The van der Waals surface area contributed by atoms with Crippen LogP contribution in [0.1, 0.15) is 31.4 Å². The second kappa shape index (κ2) is 5.87. The number of methoxy groups -OCH3 is 1. The van der Waals surface area contributed by atoms with Crippen molar-refractivity contribution in [2.75, 3.05) is 13.7 Å². The Kier molecular flexibility index (Phi) is 4.20. The van der Waals surface area contributed by atoms with Gasteiger partial charge in [0.05, 0.1) is 19.1 Å². The maximum atomic E-state index is 12.1. The molecule has 0 spiro atoms. The first-order valence-corrected chi connectivity index (χ1v) is 6.59. The van der Waals surface area contributed by atoms with Crippen LogP contribution in [0.4, 0.5) is 0 Å². The van der Waals surface area contributed by atoms with Crippen LogP contribution in [0.25, 0.3) is 0 Å². The van der Waals surface area contributed by atoms with E-state index in [1.165, 1.54) is 7.11 Å². The molecule has 1 saturated heterocycles. The van der Waals surface area contributed by atoms with Crippen molar-refractivity contribution < 1.29 is 14.3 Å². The van der Waals surface area contributed by atoms with Crippen LogP contribution in [0.5, 0.6) is 0 Å². The summed E-state index contributed by atoms with van der Waals surface area (Å²) in [6.07, 6.45) is 1.10. The van der Waals surface area contributed by atoms with Crippen LogP contribution in [-0.4, -0.2) is 30.4 Å². The summed E-state index contributed by atoms with van der Waals surface area (Å²) in [5.74, 6) is -0.583. The van der Waals surface area contributed by atoms with E-state index in [2.05, 4.69) is 6.92 Å². The lowest BCUT2D eigenvalue weighted by atomic mass is 10.0. The van der Waals surface area contributed by atoms with Gasteiger partial charge in [-0.25, -0.2) is 0 Å². The van der Waals surface area contributed by atoms with Gasteiger partial charge in [-0.3, -0.25) is 9.59 Å². The molecule has 1 aromatic rings. The van der Waals surface area contributed by atoms with Gasteiger partial charge in [-0.05, 0) is 12.0 Å². The number of carbonyl (C=O) groups is 2. The largest absolute Gasteiger partial charge is 0.469 e. The van der Waals surface area contributed by atoms with Crippen LogP contribution in [0.3, 0.4) is 0 Å². The lowest BCUT2D eigenvalue weighted by Crippen LogP contribution is -2.30. The first-order chi connectivity index (χ1) is 9.17. The molecule has 1 amide bonds. The minimum absolute atomic E-state index is 0.0334. The zero-order chi connectivity index (χ0) is 13.8. The van der Waals surface area contributed by atoms with E-state index in [0.717, 1.165) is 12.0 Å². The zero-order valence-electron chi connectivity index (χ0n) is 11.3. The molecule has 4 nitrogen and oxygen atoms in total. The molecule has 1 aromatic carbocycles. The molecule has 2 atom stereocenters. The fraction of sp³-hybridized carbons (Fsp3) is 0.467. The minimum Gasteiger partial charge on any atom is -0.469 e. The molecule has 2 rings (SSSR count). The minimum atomic E-state index is -0.324. The maximum Gasteiger partial charge on any atom is 0.310 e. The van der Waals surface area contributed by atoms with Crippen LogP contribution in [0.15, 0.2) is 30.3 Å². The maximum absolute atomic E-state index is 12.1. The summed E-state index contributed by atoms with van der Waals surface area (Å²) in [5, 5.41) is 0. The zero-order valence-corrected chi connectivity index (χ0v) is 11.3. The van der Waals surface area contributed by atoms with Gasteiger partial charge in [-0.15, -0.1) is 0 Å². The van der Waals surface area contributed by atoms with Gasteiger partial charge in [0.1, 0.15) is 0 Å². The number of benzene rings is 1. The van der Waals surface area contributed by atoms with E-state index >= 15 is 0 Å². The predicted molar refractivity (Wildman–Crippen MR) is 71.3 cm³/mol. The molecule has 1 aliphatic rings. The van der Waals surface area contributed by atoms with Gasteiger partial charge in [-0.1, -0.05) is 37.3 Å². The van der Waals surface area contributed by atoms with Crippen molar-refractivity contribution >= 4 is 11.9 Å². The Morgan fingerprint density at radius 2 is 2.11 bits per heavy atom. The molecule has 102 valence electrons.